The van der Waals surface area contributed by atoms with Gasteiger partial charge >= 0.3 is 6.09 Å². The van der Waals surface area contributed by atoms with Gasteiger partial charge in [-0.25, -0.2) is 9.78 Å². The van der Waals surface area contributed by atoms with E-state index in [-0.39, 0.29) is 6.09 Å². The van der Waals surface area contributed by atoms with E-state index in [9.17, 15) is 4.79 Å². The second-order valence-corrected chi connectivity index (χ2v) is 12.1. The van der Waals surface area contributed by atoms with Crippen LogP contribution in [0.15, 0.2) is 12.1 Å². The SMILES string of the molecule is COc1cc2c(N3CCN(C(=O)OC(C)(C)C)CC3)nc(N3CCCC3)nc2cc1OCCCN1CCCCC1. The molecule has 220 valence electrons. The van der Waals surface area contributed by atoms with Crippen LogP contribution < -0.4 is 19.3 Å². The molecule has 3 aliphatic heterocycles. The second-order valence-electron chi connectivity index (χ2n) is 12.1. The number of fused-ring (bicyclic) bond motifs is 1. The van der Waals surface area contributed by atoms with E-state index < -0.39 is 5.60 Å². The van der Waals surface area contributed by atoms with Gasteiger partial charge in [-0.3, -0.25) is 0 Å². The lowest BCUT2D eigenvalue weighted by atomic mass is 10.1. The third-order valence-electron chi connectivity index (χ3n) is 7.89. The van der Waals surface area contributed by atoms with Crippen molar-refractivity contribution in [2.24, 2.45) is 0 Å². The van der Waals surface area contributed by atoms with Gasteiger partial charge in [0.2, 0.25) is 5.95 Å². The highest BCUT2D eigenvalue weighted by atomic mass is 16.6. The Balaban J connectivity index is 1.35. The quantitative estimate of drug-likeness (QED) is 0.437. The third-order valence-corrected chi connectivity index (χ3v) is 7.89. The Morgan fingerprint density at radius 1 is 0.850 bits per heavy atom. The van der Waals surface area contributed by atoms with Gasteiger partial charge in [0.05, 0.1) is 19.2 Å². The summed E-state index contributed by atoms with van der Waals surface area (Å²) in [7, 11) is 1.68. The fourth-order valence-electron chi connectivity index (χ4n) is 5.76. The predicted octanol–water partition coefficient (Wildman–Crippen LogP) is 4.55. The van der Waals surface area contributed by atoms with Gasteiger partial charge in [0.1, 0.15) is 11.4 Å². The number of rotatable bonds is 8. The minimum atomic E-state index is -0.508. The van der Waals surface area contributed by atoms with Gasteiger partial charge in [0.15, 0.2) is 11.5 Å². The molecule has 0 unspecified atom stereocenters. The van der Waals surface area contributed by atoms with Crippen LogP contribution in [-0.4, -0.2) is 104 Å². The topological polar surface area (TPSA) is 83.5 Å². The molecule has 3 fully saturated rings. The van der Waals surface area contributed by atoms with Crippen LogP contribution in [-0.2, 0) is 4.74 Å². The van der Waals surface area contributed by atoms with Crippen LogP contribution in [0.4, 0.5) is 16.6 Å². The molecule has 10 nitrogen and oxygen atoms in total. The number of aromatic nitrogens is 2. The molecule has 1 aromatic heterocycles. The fourth-order valence-corrected chi connectivity index (χ4v) is 5.76. The predicted molar refractivity (Wildman–Crippen MR) is 158 cm³/mol. The van der Waals surface area contributed by atoms with Crippen molar-refractivity contribution in [2.75, 3.05) is 82.4 Å². The lowest BCUT2D eigenvalue weighted by molar-refractivity contribution is 0.0240. The molecule has 40 heavy (non-hydrogen) atoms. The number of carbonyl (C=O) groups excluding carboxylic acids is 1. The zero-order chi connectivity index (χ0) is 28.1. The monoisotopic (exact) mass is 554 g/mol. The van der Waals surface area contributed by atoms with Crippen molar-refractivity contribution in [1.82, 2.24) is 19.8 Å². The number of benzene rings is 1. The average Bonchev–Trinajstić information content (AvgIpc) is 3.49. The molecule has 1 amide bonds. The van der Waals surface area contributed by atoms with Crippen LogP contribution in [0.25, 0.3) is 10.9 Å². The highest BCUT2D eigenvalue weighted by Crippen LogP contribution is 2.37. The van der Waals surface area contributed by atoms with E-state index in [1.54, 1.807) is 12.0 Å². The standard InChI is InChI=1S/C30H46N6O4/c1-30(2,3)40-29(37)36-18-16-34(17-19-36)27-23-21-25(38-4)26(39-20-10-13-33-11-6-5-7-12-33)22-24(23)31-28(32-27)35-14-8-9-15-35/h21-22H,5-20H2,1-4H3. The van der Waals surface area contributed by atoms with E-state index >= 15 is 0 Å². The lowest BCUT2D eigenvalue weighted by Gasteiger charge is -2.36. The lowest BCUT2D eigenvalue weighted by Crippen LogP contribution is -2.50. The van der Waals surface area contributed by atoms with Crippen LogP contribution in [0.5, 0.6) is 11.5 Å². The molecule has 5 rings (SSSR count). The number of amides is 1. The number of nitrogens with zero attached hydrogens (tertiary/aromatic N) is 6. The minimum absolute atomic E-state index is 0.263. The molecule has 0 N–H and O–H groups in total. The Hall–Kier alpha value is -3.01. The van der Waals surface area contributed by atoms with Crippen molar-refractivity contribution in [3.63, 3.8) is 0 Å². The molecule has 2 aromatic rings. The molecule has 0 saturated carbocycles. The first-order chi connectivity index (χ1) is 19.3. The first-order valence-electron chi connectivity index (χ1n) is 15.0. The van der Waals surface area contributed by atoms with Crippen molar-refractivity contribution in [1.29, 1.82) is 0 Å². The molecule has 0 aliphatic carbocycles. The van der Waals surface area contributed by atoms with E-state index in [2.05, 4.69) is 14.7 Å². The average molecular weight is 555 g/mol. The zero-order valence-corrected chi connectivity index (χ0v) is 24.8. The van der Waals surface area contributed by atoms with Gasteiger partial charge in [-0.05, 0) is 72.0 Å². The van der Waals surface area contributed by atoms with Crippen molar-refractivity contribution in [3.8, 4) is 11.5 Å². The van der Waals surface area contributed by atoms with Crippen LogP contribution in [0.2, 0.25) is 0 Å². The van der Waals surface area contributed by atoms with E-state index in [0.717, 1.165) is 67.3 Å². The molecule has 10 heteroatoms. The molecular weight excluding hydrogens is 508 g/mol. The smallest absolute Gasteiger partial charge is 0.410 e. The first kappa shape index (κ1) is 28.5. The van der Waals surface area contributed by atoms with Crippen molar-refractivity contribution < 1.29 is 19.0 Å². The van der Waals surface area contributed by atoms with Gasteiger partial charge in [-0.2, -0.15) is 4.98 Å². The third kappa shape index (κ3) is 7.00. The molecule has 3 aliphatic rings. The number of piperidine rings is 1. The molecule has 0 bridgehead atoms. The number of piperazine rings is 1. The summed E-state index contributed by atoms with van der Waals surface area (Å²) < 4.78 is 17.6. The number of methoxy groups -OCH3 is 1. The van der Waals surface area contributed by atoms with Gasteiger partial charge in [0.25, 0.3) is 0 Å². The van der Waals surface area contributed by atoms with Gasteiger partial charge < -0.3 is 33.8 Å². The Bertz CT molecular complexity index is 1150. The summed E-state index contributed by atoms with van der Waals surface area (Å²) in [5, 5.41) is 0.936. The Labute approximate surface area is 238 Å². The number of hydrogen-bond acceptors (Lipinski definition) is 9. The largest absolute Gasteiger partial charge is 0.493 e. The molecule has 3 saturated heterocycles. The summed E-state index contributed by atoms with van der Waals surface area (Å²) in [6.45, 7) is 14.2. The summed E-state index contributed by atoms with van der Waals surface area (Å²) in [5.41, 5.74) is 0.347. The van der Waals surface area contributed by atoms with Crippen LogP contribution >= 0.6 is 0 Å². The molecule has 4 heterocycles. The van der Waals surface area contributed by atoms with Gasteiger partial charge in [0, 0.05) is 57.3 Å². The van der Waals surface area contributed by atoms with E-state index in [1.165, 1.54) is 32.4 Å². The molecular formula is C30H46N6O4. The highest BCUT2D eigenvalue weighted by Gasteiger charge is 2.28. The van der Waals surface area contributed by atoms with Crippen molar-refractivity contribution in [3.05, 3.63) is 12.1 Å². The summed E-state index contributed by atoms with van der Waals surface area (Å²) >= 11 is 0. The van der Waals surface area contributed by atoms with Gasteiger partial charge in [-0.1, -0.05) is 6.42 Å². The maximum Gasteiger partial charge on any atom is 0.410 e. The van der Waals surface area contributed by atoms with E-state index in [1.807, 2.05) is 32.9 Å². The molecule has 0 atom stereocenters. The molecule has 1 aromatic carbocycles. The van der Waals surface area contributed by atoms with Crippen LogP contribution in [0.3, 0.4) is 0 Å². The fraction of sp³-hybridized carbons (Fsp3) is 0.700. The highest BCUT2D eigenvalue weighted by molar-refractivity contribution is 5.93. The van der Waals surface area contributed by atoms with Crippen LogP contribution in [0.1, 0.15) is 59.3 Å². The maximum atomic E-state index is 12.6. The number of carbonyl (C=O) groups is 1. The summed E-state index contributed by atoms with van der Waals surface area (Å²) in [6, 6.07) is 4.02. The maximum absolute atomic E-state index is 12.6. The Kier molecular flexibility index (Phi) is 9.03. The normalized spacial score (nSPS) is 18.9. The first-order valence-corrected chi connectivity index (χ1v) is 15.0. The number of ether oxygens (including phenoxy) is 3. The minimum Gasteiger partial charge on any atom is -0.493 e. The number of anilines is 2. The zero-order valence-electron chi connectivity index (χ0n) is 24.8. The molecule has 0 spiro atoms. The van der Waals surface area contributed by atoms with Crippen LogP contribution in [0, 0.1) is 0 Å². The second kappa shape index (κ2) is 12.7. The summed E-state index contributed by atoms with van der Waals surface area (Å²) in [4.78, 5) is 31.5. The Morgan fingerprint density at radius 2 is 1.55 bits per heavy atom. The van der Waals surface area contributed by atoms with E-state index in [4.69, 9.17) is 24.2 Å². The number of likely N-dealkylation sites (tertiary alicyclic amines) is 1. The molecule has 0 radical (unpaired) electrons. The van der Waals surface area contributed by atoms with Crippen molar-refractivity contribution in [2.45, 2.75) is 64.9 Å². The Morgan fingerprint density at radius 3 is 2.23 bits per heavy atom. The summed E-state index contributed by atoms with van der Waals surface area (Å²) in [6.07, 6.45) is 6.98. The summed E-state index contributed by atoms with van der Waals surface area (Å²) in [5.74, 6) is 3.05. The van der Waals surface area contributed by atoms with Crippen molar-refractivity contribution >= 4 is 28.8 Å². The van der Waals surface area contributed by atoms with Gasteiger partial charge in [-0.15, -0.1) is 0 Å². The van der Waals surface area contributed by atoms with E-state index in [0.29, 0.717) is 38.5 Å². The number of hydrogen-bond donors (Lipinski definition) is 0.